The van der Waals surface area contributed by atoms with E-state index in [4.69, 9.17) is 5.73 Å². The molecule has 0 amide bonds. The maximum absolute atomic E-state index is 5.67. The number of aryl methyl sites for hydroxylation is 1. The highest BCUT2D eigenvalue weighted by Crippen LogP contribution is 2.18. The Bertz CT molecular complexity index is 424. The smallest absolute Gasteiger partial charge is 0.190 e. The maximum atomic E-state index is 5.67. The third-order valence-electron chi connectivity index (χ3n) is 1.78. The van der Waals surface area contributed by atoms with Crippen LogP contribution in [0.4, 0.5) is 5.82 Å². The zero-order valence-corrected chi connectivity index (χ0v) is 8.58. The molecule has 0 aliphatic carbocycles. The lowest BCUT2D eigenvalue weighted by Crippen LogP contribution is -1.99. The summed E-state index contributed by atoms with van der Waals surface area (Å²) in [6.45, 7) is 2.04. The highest BCUT2D eigenvalue weighted by atomic mass is 32.1. The molecule has 0 spiro atoms. The van der Waals surface area contributed by atoms with E-state index in [2.05, 4.69) is 15.0 Å². The van der Waals surface area contributed by atoms with E-state index in [1.807, 2.05) is 12.3 Å². The summed E-state index contributed by atoms with van der Waals surface area (Å²) in [4.78, 5) is 12.6. The normalized spacial score (nSPS) is 10.4. The van der Waals surface area contributed by atoms with Gasteiger partial charge in [0.15, 0.2) is 10.8 Å². The van der Waals surface area contributed by atoms with Crippen molar-refractivity contribution >= 4 is 17.2 Å². The highest BCUT2D eigenvalue weighted by Gasteiger charge is 2.06. The number of aromatic nitrogens is 3. The van der Waals surface area contributed by atoms with Crippen LogP contribution < -0.4 is 5.73 Å². The van der Waals surface area contributed by atoms with Crippen LogP contribution in [-0.2, 0) is 6.42 Å². The van der Waals surface area contributed by atoms with E-state index in [0.717, 1.165) is 17.1 Å². The Morgan fingerprint density at radius 1 is 1.43 bits per heavy atom. The zero-order valence-electron chi connectivity index (χ0n) is 7.77. The number of nitrogens with zero attached hydrogens (tertiary/aromatic N) is 3. The summed E-state index contributed by atoms with van der Waals surface area (Å²) in [6.07, 6.45) is 2.59. The van der Waals surface area contributed by atoms with Crippen LogP contribution >= 0.6 is 11.3 Å². The van der Waals surface area contributed by atoms with Crippen LogP contribution in [0, 0.1) is 0 Å². The van der Waals surface area contributed by atoms with Gasteiger partial charge in [0, 0.05) is 23.3 Å². The molecule has 0 aliphatic rings. The minimum absolute atomic E-state index is 0.502. The zero-order chi connectivity index (χ0) is 9.97. The molecule has 0 atom stereocenters. The molecule has 2 aromatic rings. The van der Waals surface area contributed by atoms with Gasteiger partial charge in [0.2, 0.25) is 0 Å². The topological polar surface area (TPSA) is 64.7 Å². The van der Waals surface area contributed by atoms with E-state index in [1.165, 1.54) is 11.3 Å². The van der Waals surface area contributed by atoms with Crippen LogP contribution in [0.2, 0.25) is 0 Å². The minimum Gasteiger partial charge on any atom is -0.384 e. The average Bonchev–Trinajstić information content (AvgIpc) is 2.69. The van der Waals surface area contributed by atoms with Crippen LogP contribution in [-0.4, -0.2) is 15.0 Å². The molecule has 2 N–H and O–H groups in total. The van der Waals surface area contributed by atoms with Gasteiger partial charge in [-0.25, -0.2) is 15.0 Å². The molecule has 72 valence electrons. The molecule has 0 aromatic carbocycles. The molecule has 0 unspecified atom stereocenters. The molecule has 2 heterocycles. The Morgan fingerprint density at radius 2 is 2.29 bits per heavy atom. The maximum Gasteiger partial charge on any atom is 0.190 e. The Kier molecular flexibility index (Phi) is 2.41. The molecule has 2 rings (SSSR count). The number of thiazole rings is 1. The summed E-state index contributed by atoms with van der Waals surface area (Å²) < 4.78 is 0. The van der Waals surface area contributed by atoms with Crippen molar-refractivity contribution in [1.29, 1.82) is 0 Å². The minimum atomic E-state index is 0.502. The number of hydrogen-bond donors (Lipinski definition) is 1. The molecule has 0 saturated heterocycles. The standard InChI is InChI=1S/C9H10N4S/c1-2-6-5-7(10)13-8(12-6)9-11-3-4-14-9/h3-5H,2H2,1H3,(H2,10,12,13). The molecule has 0 fully saturated rings. The van der Waals surface area contributed by atoms with Gasteiger partial charge in [0.1, 0.15) is 5.82 Å². The van der Waals surface area contributed by atoms with E-state index < -0.39 is 0 Å². The van der Waals surface area contributed by atoms with Crippen molar-refractivity contribution in [2.45, 2.75) is 13.3 Å². The van der Waals surface area contributed by atoms with Gasteiger partial charge in [-0.3, -0.25) is 0 Å². The third-order valence-corrected chi connectivity index (χ3v) is 2.55. The molecule has 0 bridgehead atoms. The summed E-state index contributed by atoms with van der Waals surface area (Å²) in [5, 5.41) is 2.71. The second kappa shape index (κ2) is 3.71. The van der Waals surface area contributed by atoms with Gasteiger partial charge in [-0.15, -0.1) is 11.3 Å². The molecule has 0 aliphatic heterocycles. The number of hydrogen-bond acceptors (Lipinski definition) is 5. The van der Waals surface area contributed by atoms with Gasteiger partial charge < -0.3 is 5.73 Å². The lowest BCUT2D eigenvalue weighted by atomic mass is 10.3. The first-order chi connectivity index (χ1) is 6.79. The fraction of sp³-hybridized carbons (Fsp3) is 0.222. The van der Waals surface area contributed by atoms with Crippen molar-refractivity contribution in [2.24, 2.45) is 0 Å². The van der Waals surface area contributed by atoms with Crippen molar-refractivity contribution in [3.8, 4) is 10.8 Å². The van der Waals surface area contributed by atoms with Gasteiger partial charge in [-0.05, 0) is 6.42 Å². The SMILES string of the molecule is CCc1cc(N)nc(-c2nccs2)n1. The molecule has 0 radical (unpaired) electrons. The second-order valence-electron chi connectivity index (χ2n) is 2.80. The monoisotopic (exact) mass is 206 g/mol. The molecular formula is C9H10N4S. The molecule has 5 heteroatoms. The summed E-state index contributed by atoms with van der Waals surface area (Å²) in [5.74, 6) is 1.12. The molecule has 2 aromatic heterocycles. The van der Waals surface area contributed by atoms with Gasteiger partial charge in [0.05, 0.1) is 0 Å². The van der Waals surface area contributed by atoms with E-state index in [1.54, 1.807) is 12.3 Å². The third kappa shape index (κ3) is 1.72. The quantitative estimate of drug-likeness (QED) is 0.813. The fourth-order valence-electron chi connectivity index (χ4n) is 1.13. The summed E-state index contributed by atoms with van der Waals surface area (Å²) in [7, 11) is 0. The second-order valence-corrected chi connectivity index (χ2v) is 3.69. The van der Waals surface area contributed by atoms with Crippen LogP contribution in [0.1, 0.15) is 12.6 Å². The Hall–Kier alpha value is -1.49. The van der Waals surface area contributed by atoms with E-state index in [9.17, 15) is 0 Å². The first-order valence-electron chi connectivity index (χ1n) is 4.33. The first kappa shape index (κ1) is 9.08. The van der Waals surface area contributed by atoms with E-state index in [-0.39, 0.29) is 0 Å². The lowest BCUT2D eigenvalue weighted by molar-refractivity contribution is 1.01. The average molecular weight is 206 g/mol. The van der Waals surface area contributed by atoms with E-state index in [0.29, 0.717) is 11.6 Å². The number of nitrogen functional groups attached to an aromatic ring is 1. The Labute approximate surface area is 85.9 Å². The van der Waals surface area contributed by atoms with Gasteiger partial charge in [-0.1, -0.05) is 6.92 Å². The molecule has 4 nitrogen and oxygen atoms in total. The Morgan fingerprint density at radius 3 is 2.93 bits per heavy atom. The van der Waals surface area contributed by atoms with Crippen LogP contribution in [0.5, 0.6) is 0 Å². The van der Waals surface area contributed by atoms with Crippen molar-refractivity contribution in [1.82, 2.24) is 15.0 Å². The predicted molar refractivity (Wildman–Crippen MR) is 56.9 cm³/mol. The molecule has 14 heavy (non-hydrogen) atoms. The van der Waals surface area contributed by atoms with Gasteiger partial charge in [-0.2, -0.15) is 0 Å². The largest absolute Gasteiger partial charge is 0.384 e. The fourth-order valence-corrected chi connectivity index (χ4v) is 1.70. The van der Waals surface area contributed by atoms with Crippen LogP contribution in [0.3, 0.4) is 0 Å². The summed E-state index contributed by atoms with van der Waals surface area (Å²) >= 11 is 1.51. The van der Waals surface area contributed by atoms with Crippen molar-refractivity contribution < 1.29 is 0 Å². The predicted octanol–water partition coefficient (Wildman–Crippen LogP) is 1.74. The Balaban J connectivity index is 2.48. The van der Waals surface area contributed by atoms with Crippen molar-refractivity contribution in [2.75, 3.05) is 5.73 Å². The van der Waals surface area contributed by atoms with Crippen LogP contribution in [0.15, 0.2) is 17.6 Å². The lowest BCUT2D eigenvalue weighted by Gasteiger charge is -2.00. The van der Waals surface area contributed by atoms with Gasteiger partial charge >= 0.3 is 0 Å². The summed E-state index contributed by atoms with van der Waals surface area (Å²) in [5.41, 5.74) is 6.61. The number of rotatable bonds is 2. The summed E-state index contributed by atoms with van der Waals surface area (Å²) in [6, 6.07) is 1.79. The first-order valence-corrected chi connectivity index (χ1v) is 5.21. The number of nitrogens with two attached hydrogens (primary N) is 1. The number of anilines is 1. The van der Waals surface area contributed by atoms with E-state index >= 15 is 0 Å². The highest BCUT2D eigenvalue weighted by molar-refractivity contribution is 7.12. The van der Waals surface area contributed by atoms with Gasteiger partial charge in [0.25, 0.3) is 0 Å². The van der Waals surface area contributed by atoms with Crippen LogP contribution in [0.25, 0.3) is 10.8 Å². The van der Waals surface area contributed by atoms with Crippen molar-refractivity contribution in [3.05, 3.63) is 23.3 Å². The molecular weight excluding hydrogens is 196 g/mol. The van der Waals surface area contributed by atoms with Crippen molar-refractivity contribution in [3.63, 3.8) is 0 Å². The molecule has 0 saturated carbocycles.